The van der Waals surface area contributed by atoms with Gasteiger partial charge >= 0.3 is 5.97 Å². The van der Waals surface area contributed by atoms with Gasteiger partial charge in [0.05, 0.1) is 6.10 Å². The Morgan fingerprint density at radius 3 is 2.38 bits per heavy atom. The fraction of sp³-hybridized carbons (Fsp3) is 0.727. The molecule has 0 N–H and O–H groups in total. The largest absolute Gasteiger partial charge is 0.460 e. The first kappa shape index (κ1) is 10.3. The number of rotatable bonds is 3. The van der Waals surface area contributed by atoms with Crippen LogP contribution in [0.5, 0.6) is 0 Å². The van der Waals surface area contributed by atoms with Crippen LogP contribution in [0, 0.1) is 5.92 Å². The lowest BCUT2D eigenvalue weighted by Crippen LogP contribution is -2.17. The maximum atomic E-state index is 11.4. The molecule has 0 atom stereocenters. The molecule has 0 aromatic rings. The molecule has 1 rings (SSSR count). The van der Waals surface area contributed by atoms with Gasteiger partial charge in [-0.2, -0.15) is 0 Å². The van der Waals surface area contributed by atoms with Crippen molar-refractivity contribution in [2.24, 2.45) is 5.92 Å². The van der Waals surface area contributed by atoms with Crippen molar-refractivity contribution in [2.45, 2.75) is 45.6 Å². The topological polar surface area (TPSA) is 26.3 Å². The van der Waals surface area contributed by atoms with E-state index < -0.39 is 0 Å². The van der Waals surface area contributed by atoms with Crippen LogP contribution in [0.15, 0.2) is 12.2 Å². The molecule has 0 heterocycles. The molecule has 1 aliphatic carbocycles. The second-order valence-electron chi connectivity index (χ2n) is 3.96. The van der Waals surface area contributed by atoms with Crippen LogP contribution in [0.4, 0.5) is 0 Å². The lowest BCUT2D eigenvalue weighted by atomic mass is 9.99. The Kier molecular flexibility index (Phi) is 3.52. The SMILES string of the molecule is C=C(C(=O)OC(C)C)C1CCCC1. The molecule has 74 valence electrons. The molecule has 0 aromatic carbocycles. The van der Waals surface area contributed by atoms with E-state index in [-0.39, 0.29) is 12.1 Å². The van der Waals surface area contributed by atoms with Crippen molar-refractivity contribution in [3.8, 4) is 0 Å². The molecule has 0 aliphatic heterocycles. The van der Waals surface area contributed by atoms with Crippen LogP contribution in [0.25, 0.3) is 0 Å². The number of hydrogen-bond acceptors (Lipinski definition) is 2. The third kappa shape index (κ3) is 2.87. The number of carbonyl (C=O) groups excluding carboxylic acids is 1. The summed E-state index contributed by atoms with van der Waals surface area (Å²) in [5, 5.41) is 0. The van der Waals surface area contributed by atoms with Crippen molar-refractivity contribution in [3.63, 3.8) is 0 Å². The van der Waals surface area contributed by atoms with Crippen LogP contribution in [0.2, 0.25) is 0 Å². The molecular weight excluding hydrogens is 164 g/mol. The summed E-state index contributed by atoms with van der Waals surface area (Å²) in [5.74, 6) is 0.174. The van der Waals surface area contributed by atoms with Crippen LogP contribution in [0.1, 0.15) is 39.5 Å². The molecule has 0 radical (unpaired) electrons. The summed E-state index contributed by atoms with van der Waals surface area (Å²) in [7, 11) is 0. The quantitative estimate of drug-likeness (QED) is 0.495. The molecule has 2 heteroatoms. The number of carbonyl (C=O) groups is 1. The first-order valence-electron chi connectivity index (χ1n) is 5.01. The van der Waals surface area contributed by atoms with Gasteiger partial charge in [0.2, 0.25) is 0 Å². The first-order chi connectivity index (χ1) is 6.11. The Morgan fingerprint density at radius 2 is 1.92 bits per heavy atom. The van der Waals surface area contributed by atoms with Gasteiger partial charge in [0.15, 0.2) is 0 Å². The predicted octanol–water partition coefficient (Wildman–Crippen LogP) is 2.68. The van der Waals surface area contributed by atoms with Crippen molar-refractivity contribution in [1.29, 1.82) is 0 Å². The van der Waals surface area contributed by atoms with E-state index in [1.165, 1.54) is 12.8 Å². The third-order valence-electron chi connectivity index (χ3n) is 2.45. The minimum atomic E-state index is -0.207. The zero-order chi connectivity index (χ0) is 9.84. The molecule has 0 bridgehead atoms. The molecular formula is C11H18O2. The summed E-state index contributed by atoms with van der Waals surface area (Å²) in [4.78, 5) is 11.4. The number of hydrogen-bond donors (Lipinski definition) is 0. The van der Waals surface area contributed by atoms with Crippen molar-refractivity contribution in [3.05, 3.63) is 12.2 Å². The van der Waals surface area contributed by atoms with E-state index in [1.54, 1.807) is 0 Å². The zero-order valence-electron chi connectivity index (χ0n) is 8.51. The molecule has 0 unspecified atom stereocenters. The maximum absolute atomic E-state index is 11.4. The molecule has 2 nitrogen and oxygen atoms in total. The summed E-state index contributed by atoms with van der Waals surface area (Å²) in [6.07, 6.45) is 4.61. The van der Waals surface area contributed by atoms with Gasteiger partial charge in [-0.1, -0.05) is 19.4 Å². The minimum Gasteiger partial charge on any atom is -0.460 e. The highest BCUT2D eigenvalue weighted by molar-refractivity contribution is 5.88. The molecule has 0 saturated heterocycles. The van der Waals surface area contributed by atoms with Gasteiger partial charge in [-0.3, -0.25) is 0 Å². The van der Waals surface area contributed by atoms with Gasteiger partial charge < -0.3 is 4.74 Å². The van der Waals surface area contributed by atoms with Crippen LogP contribution >= 0.6 is 0 Å². The van der Waals surface area contributed by atoms with Crippen molar-refractivity contribution >= 4 is 5.97 Å². The third-order valence-corrected chi connectivity index (χ3v) is 2.45. The molecule has 0 aromatic heterocycles. The molecule has 13 heavy (non-hydrogen) atoms. The van der Waals surface area contributed by atoms with Gasteiger partial charge in [-0.15, -0.1) is 0 Å². The van der Waals surface area contributed by atoms with Gasteiger partial charge in [0, 0.05) is 5.57 Å². The van der Waals surface area contributed by atoms with Gasteiger partial charge in [-0.25, -0.2) is 4.79 Å². The smallest absolute Gasteiger partial charge is 0.333 e. The van der Waals surface area contributed by atoms with E-state index in [9.17, 15) is 4.79 Å². The van der Waals surface area contributed by atoms with Crippen LogP contribution < -0.4 is 0 Å². The zero-order valence-corrected chi connectivity index (χ0v) is 8.51. The summed E-state index contributed by atoms with van der Waals surface area (Å²) in [5.41, 5.74) is 0.672. The Balaban J connectivity index is 2.41. The van der Waals surface area contributed by atoms with Crippen LogP contribution in [-0.4, -0.2) is 12.1 Å². The molecule has 1 fully saturated rings. The maximum Gasteiger partial charge on any atom is 0.333 e. The molecule has 1 aliphatic rings. The van der Waals surface area contributed by atoms with E-state index in [2.05, 4.69) is 6.58 Å². The van der Waals surface area contributed by atoms with Crippen LogP contribution in [-0.2, 0) is 9.53 Å². The fourth-order valence-corrected chi connectivity index (χ4v) is 1.73. The van der Waals surface area contributed by atoms with E-state index in [4.69, 9.17) is 4.74 Å². The Morgan fingerprint density at radius 1 is 1.38 bits per heavy atom. The lowest BCUT2D eigenvalue weighted by Gasteiger charge is -2.13. The Labute approximate surface area is 80.0 Å². The monoisotopic (exact) mass is 182 g/mol. The van der Waals surface area contributed by atoms with E-state index in [0.29, 0.717) is 11.5 Å². The van der Waals surface area contributed by atoms with Crippen molar-refractivity contribution < 1.29 is 9.53 Å². The van der Waals surface area contributed by atoms with Crippen LogP contribution in [0.3, 0.4) is 0 Å². The highest BCUT2D eigenvalue weighted by Gasteiger charge is 2.23. The van der Waals surface area contributed by atoms with E-state index in [0.717, 1.165) is 12.8 Å². The average Bonchev–Trinajstić information content (AvgIpc) is 2.53. The van der Waals surface area contributed by atoms with E-state index >= 15 is 0 Å². The molecule has 1 saturated carbocycles. The highest BCUT2D eigenvalue weighted by Crippen LogP contribution is 2.30. The van der Waals surface area contributed by atoms with E-state index in [1.807, 2.05) is 13.8 Å². The first-order valence-corrected chi connectivity index (χ1v) is 5.01. The van der Waals surface area contributed by atoms with Crippen molar-refractivity contribution in [1.82, 2.24) is 0 Å². The summed E-state index contributed by atoms with van der Waals surface area (Å²) in [6.45, 7) is 7.54. The summed E-state index contributed by atoms with van der Waals surface area (Å²) < 4.78 is 5.09. The predicted molar refractivity (Wildman–Crippen MR) is 52.3 cm³/mol. The normalized spacial score (nSPS) is 17.8. The summed E-state index contributed by atoms with van der Waals surface area (Å²) in [6, 6.07) is 0. The average molecular weight is 182 g/mol. The molecule has 0 spiro atoms. The Hall–Kier alpha value is -0.790. The number of ether oxygens (including phenoxy) is 1. The summed E-state index contributed by atoms with van der Waals surface area (Å²) >= 11 is 0. The second kappa shape index (κ2) is 4.45. The van der Waals surface area contributed by atoms with Gasteiger partial charge in [0.1, 0.15) is 0 Å². The molecule has 0 amide bonds. The highest BCUT2D eigenvalue weighted by atomic mass is 16.5. The lowest BCUT2D eigenvalue weighted by molar-refractivity contribution is -0.143. The van der Waals surface area contributed by atoms with Gasteiger partial charge in [0.25, 0.3) is 0 Å². The Bertz CT molecular complexity index is 200. The number of esters is 1. The standard InChI is InChI=1S/C11H18O2/c1-8(2)13-11(12)9(3)10-6-4-5-7-10/h8,10H,3-7H2,1-2H3. The minimum absolute atomic E-state index is 0.0364. The van der Waals surface area contributed by atoms with Crippen molar-refractivity contribution in [2.75, 3.05) is 0 Å². The fourth-order valence-electron chi connectivity index (χ4n) is 1.73. The van der Waals surface area contributed by atoms with Gasteiger partial charge in [-0.05, 0) is 32.6 Å². The second-order valence-corrected chi connectivity index (χ2v) is 3.96.